The first-order valence-electron chi connectivity index (χ1n) is 8.74. The molecule has 3 heteroatoms. The first-order valence-corrected chi connectivity index (χ1v) is 8.74. The summed E-state index contributed by atoms with van der Waals surface area (Å²) in [6.45, 7) is 11.3. The number of aliphatic hydroxyl groups excluding tert-OH is 1. The minimum absolute atomic E-state index is 0.140. The molecule has 3 nitrogen and oxygen atoms in total. The van der Waals surface area contributed by atoms with Gasteiger partial charge in [-0.05, 0) is 69.9 Å². The first-order chi connectivity index (χ1) is 9.60. The number of rotatable bonds is 6. The highest BCUT2D eigenvalue weighted by Gasteiger charge is 2.32. The molecule has 1 aliphatic heterocycles. The smallest absolute Gasteiger partial charge is 0.0552 e. The molecule has 0 aromatic rings. The molecule has 5 atom stereocenters. The fourth-order valence-electron chi connectivity index (χ4n) is 4.05. The third-order valence-corrected chi connectivity index (χ3v) is 5.38. The largest absolute Gasteiger partial charge is 0.393 e. The number of hydrogen-bond donors (Lipinski definition) is 2. The molecule has 2 rings (SSSR count). The van der Waals surface area contributed by atoms with Crippen molar-refractivity contribution in [3.05, 3.63) is 0 Å². The molecule has 0 bridgehead atoms. The molecule has 0 amide bonds. The molecule has 0 spiro atoms. The van der Waals surface area contributed by atoms with Crippen molar-refractivity contribution in [2.45, 2.75) is 65.0 Å². The van der Waals surface area contributed by atoms with Gasteiger partial charge in [-0.25, -0.2) is 0 Å². The Balaban J connectivity index is 1.84. The van der Waals surface area contributed by atoms with Crippen molar-refractivity contribution in [3.63, 3.8) is 0 Å². The second kappa shape index (κ2) is 7.77. The van der Waals surface area contributed by atoms with Crippen molar-refractivity contribution in [1.82, 2.24) is 10.2 Å². The Hall–Kier alpha value is -0.120. The van der Waals surface area contributed by atoms with Gasteiger partial charge in [0, 0.05) is 19.1 Å². The van der Waals surface area contributed by atoms with Crippen LogP contribution in [-0.4, -0.2) is 48.3 Å². The van der Waals surface area contributed by atoms with Crippen molar-refractivity contribution in [1.29, 1.82) is 0 Å². The number of nitrogens with one attached hydrogen (secondary N) is 1. The van der Waals surface area contributed by atoms with Crippen molar-refractivity contribution >= 4 is 0 Å². The van der Waals surface area contributed by atoms with Crippen LogP contribution in [0.1, 0.15) is 52.9 Å². The van der Waals surface area contributed by atoms with E-state index >= 15 is 0 Å². The normalized spacial score (nSPS) is 37.2. The minimum Gasteiger partial charge on any atom is -0.393 e. The van der Waals surface area contributed by atoms with E-state index in [1.165, 1.54) is 45.2 Å². The van der Waals surface area contributed by atoms with E-state index in [-0.39, 0.29) is 6.10 Å². The lowest BCUT2D eigenvalue weighted by molar-refractivity contribution is 0.117. The van der Waals surface area contributed by atoms with Crippen LogP contribution in [0.4, 0.5) is 0 Å². The summed E-state index contributed by atoms with van der Waals surface area (Å²) >= 11 is 0. The van der Waals surface area contributed by atoms with Gasteiger partial charge in [0.25, 0.3) is 0 Å². The van der Waals surface area contributed by atoms with Crippen molar-refractivity contribution in [2.75, 3.05) is 26.2 Å². The van der Waals surface area contributed by atoms with Crippen LogP contribution in [0.2, 0.25) is 0 Å². The van der Waals surface area contributed by atoms with E-state index in [1.54, 1.807) is 0 Å². The molecule has 20 heavy (non-hydrogen) atoms. The standard InChI is InChI=1S/C17H34N2O/c1-4-8-18-17-6-5-13(2)10-16(17)12-19-9-7-15(11-19)14(3)20/h13-18,20H,4-12H2,1-3H3. The van der Waals surface area contributed by atoms with Crippen LogP contribution in [0.25, 0.3) is 0 Å². The van der Waals surface area contributed by atoms with Gasteiger partial charge in [-0.1, -0.05) is 13.8 Å². The molecule has 0 radical (unpaired) electrons. The molecule has 0 aromatic carbocycles. The van der Waals surface area contributed by atoms with Crippen LogP contribution in [0.15, 0.2) is 0 Å². The van der Waals surface area contributed by atoms with Gasteiger partial charge in [-0.3, -0.25) is 0 Å². The Morgan fingerprint density at radius 3 is 2.75 bits per heavy atom. The van der Waals surface area contributed by atoms with Crippen LogP contribution in [0.5, 0.6) is 0 Å². The van der Waals surface area contributed by atoms with E-state index in [0.29, 0.717) is 5.92 Å². The molecule has 1 heterocycles. The maximum Gasteiger partial charge on any atom is 0.0552 e. The quantitative estimate of drug-likeness (QED) is 0.786. The van der Waals surface area contributed by atoms with Gasteiger partial charge in [-0.15, -0.1) is 0 Å². The number of nitrogens with zero attached hydrogens (tertiary/aromatic N) is 1. The third-order valence-electron chi connectivity index (χ3n) is 5.38. The number of likely N-dealkylation sites (tertiary alicyclic amines) is 1. The molecular formula is C17H34N2O. The van der Waals surface area contributed by atoms with Crippen molar-refractivity contribution in [2.24, 2.45) is 17.8 Å². The van der Waals surface area contributed by atoms with Gasteiger partial charge in [0.1, 0.15) is 0 Å². The molecule has 5 unspecified atom stereocenters. The lowest BCUT2D eigenvalue weighted by atomic mass is 9.78. The zero-order valence-electron chi connectivity index (χ0n) is 13.6. The van der Waals surface area contributed by atoms with E-state index in [2.05, 4.69) is 24.1 Å². The Morgan fingerprint density at radius 2 is 2.10 bits per heavy atom. The van der Waals surface area contributed by atoms with E-state index in [0.717, 1.165) is 31.0 Å². The summed E-state index contributed by atoms with van der Waals surface area (Å²) in [4.78, 5) is 2.60. The van der Waals surface area contributed by atoms with Gasteiger partial charge >= 0.3 is 0 Å². The number of aliphatic hydroxyl groups is 1. The van der Waals surface area contributed by atoms with E-state index in [4.69, 9.17) is 0 Å². The van der Waals surface area contributed by atoms with Crippen LogP contribution >= 0.6 is 0 Å². The molecule has 2 N–H and O–H groups in total. The predicted octanol–water partition coefficient (Wildman–Crippen LogP) is 2.49. The lowest BCUT2D eigenvalue weighted by Gasteiger charge is -2.37. The summed E-state index contributed by atoms with van der Waals surface area (Å²) in [5.41, 5.74) is 0. The van der Waals surface area contributed by atoms with E-state index < -0.39 is 0 Å². The van der Waals surface area contributed by atoms with Gasteiger partial charge in [-0.2, -0.15) is 0 Å². The maximum absolute atomic E-state index is 9.75. The summed E-state index contributed by atoms with van der Waals surface area (Å²) in [6, 6.07) is 0.719. The lowest BCUT2D eigenvalue weighted by Crippen LogP contribution is -2.45. The molecule has 118 valence electrons. The number of hydrogen-bond acceptors (Lipinski definition) is 3. The topological polar surface area (TPSA) is 35.5 Å². The molecule has 1 saturated heterocycles. The minimum atomic E-state index is -0.140. The van der Waals surface area contributed by atoms with Crippen LogP contribution in [0.3, 0.4) is 0 Å². The first kappa shape index (κ1) is 16.3. The van der Waals surface area contributed by atoms with Crippen molar-refractivity contribution in [3.8, 4) is 0 Å². The summed E-state index contributed by atoms with van der Waals surface area (Å²) in [6.07, 6.45) is 6.36. The highest BCUT2D eigenvalue weighted by Crippen LogP contribution is 2.31. The molecule has 1 saturated carbocycles. The zero-order chi connectivity index (χ0) is 14.5. The van der Waals surface area contributed by atoms with E-state index in [1.807, 2.05) is 6.92 Å². The monoisotopic (exact) mass is 282 g/mol. The fraction of sp³-hybridized carbons (Fsp3) is 1.00. The zero-order valence-corrected chi connectivity index (χ0v) is 13.6. The second-order valence-electron chi connectivity index (χ2n) is 7.29. The van der Waals surface area contributed by atoms with Gasteiger partial charge in [0.05, 0.1) is 6.10 Å². The maximum atomic E-state index is 9.75. The summed E-state index contributed by atoms with van der Waals surface area (Å²) in [5.74, 6) is 2.19. The Kier molecular flexibility index (Phi) is 6.31. The van der Waals surface area contributed by atoms with Crippen LogP contribution in [0, 0.1) is 17.8 Å². The van der Waals surface area contributed by atoms with Crippen LogP contribution in [-0.2, 0) is 0 Å². The summed E-state index contributed by atoms with van der Waals surface area (Å²) < 4.78 is 0. The second-order valence-corrected chi connectivity index (χ2v) is 7.29. The summed E-state index contributed by atoms with van der Waals surface area (Å²) in [7, 11) is 0. The van der Waals surface area contributed by atoms with Gasteiger partial charge in [0.2, 0.25) is 0 Å². The molecule has 0 aromatic heterocycles. The highest BCUT2D eigenvalue weighted by atomic mass is 16.3. The van der Waals surface area contributed by atoms with E-state index in [9.17, 15) is 5.11 Å². The predicted molar refractivity (Wildman–Crippen MR) is 84.8 cm³/mol. The SMILES string of the molecule is CCCNC1CCC(C)CC1CN1CCC(C(C)O)C1. The average Bonchev–Trinajstić information content (AvgIpc) is 2.87. The van der Waals surface area contributed by atoms with Gasteiger partial charge in [0.15, 0.2) is 0 Å². The molecular weight excluding hydrogens is 248 g/mol. The highest BCUT2D eigenvalue weighted by molar-refractivity contribution is 4.88. The molecule has 1 aliphatic carbocycles. The average molecular weight is 282 g/mol. The fourth-order valence-corrected chi connectivity index (χ4v) is 4.05. The van der Waals surface area contributed by atoms with Gasteiger partial charge < -0.3 is 15.3 Å². The van der Waals surface area contributed by atoms with Crippen LogP contribution < -0.4 is 5.32 Å². The Bertz CT molecular complexity index is 280. The third kappa shape index (κ3) is 4.44. The van der Waals surface area contributed by atoms with Crippen molar-refractivity contribution < 1.29 is 5.11 Å². The Labute approximate surface area is 125 Å². The Morgan fingerprint density at radius 1 is 1.30 bits per heavy atom. The summed E-state index contributed by atoms with van der Waals surface area (Å²) in [5, 5.41) is 13.5. The molecule has 2 aliphatic rings. The molecule has 2 fully saturated rings.